The van der Waals surface area contributed by atoms with E-state index in [0.29, 0.717) is 0 Å². The van der Waals surface area contributed by atoms with E-state index in [-0.39, 0.29) is 22.1 Å². The smallest absolute Gasteiger partial charge is 0.338 e. The molecule has 0 saturated carbocycles. The number of carbonyl (C=O) groups is 2. The average Bonchev–Trinajstić information content (AvgIpc) is 2.43. The highest BCUT2D eigenvalue weighted by Gasteiger charge is 2.28. The number of esters is 1. The van der Waals surface area contributed by atoms with Crippen molar-refractivity contribution in [3.05, 3.63) is 28.8 Å². The summed E-state index contributed by atoms with van der Waals surface area (Å²) in [6.07, 6.45) is 0. The lowest BCUT2D eigenvalue weighted by Gasteiger charge is -2.18. The average molecular weight is 364 g/mol. The Morgan fingerprint density at radius 2 is 1.91 bits per heavy atom. The molecule has 0 aliphatic carbocycles. The second-order valence-corrected chi connectivity index (χ2v) is 7.23. The van der Waals surface area contributed by atoms with Gasteiger partial charge in [-0.05, 0) is 31.0 Å². The van der Waals surface area contributed by atoms with Gasteiger partial charge in [0.2, 0.25) is 10.0 Å². The summed E-state index contributed by atoms with van der Waals surface area (Å²) in [5, 5.41) is 9.11. The third kappa shape index (κ3) is 5.19. The molecule has 0 saturated heterocycles. The van der Waals surface area contributed by atoms with E-state index < -0.39 is 33.9 Å². The SMILES string of the molecule is CCOC(=O)c1cc(Cl)cc(S(=O)(=O)NC(C(=O)O)C(C)C)c1. The number of carboxylic acids is 1. The molecule has 7 nitrogen and oxygen atoms in total. The minimum Gasteiger partial charge on any atom is -0.480 e. The molecule has 1 aromatic rings. The summed E-state index contributed by atoms with van der Waals surface area (Å²) in [5.41, 5.74) is -0.0313. The minimum atomic E-state index is -4.17. The molecule has 9 heteroatoms. The third-order valence-electron chi connectivity index (χ3n) is 2.91. The van der Waals surface area contributed by atoms with Crippen LogP contribution in [0.3, 0.4) is 0 Å². The van der Waals surface area contributed by atoms with Crippen LogP contribution in [0.25, 0.3) is 0 Å². The predicted octanol–water partition coefficient (Wildman–Crippen LogP) is 1.90. The molecular formula is C14H18ClNO6S. The lowest BCUT2D eigenvalue weighted by Crippen LogP contribution is -2.44. The number of sulfonamides is 1. The van der Waals surface area contributed by atoms with E-state index in [9.17, 15) is 18.0 Å². The molecule has 1 rings (SSSR count). The summed E-state index contributed by atoms with van der Waals surface area (Å²) in [4.78, 5) is 22.6. The summed E-state index contributed by atoms with van der Waals surface area (Å²) in [6.45, 7) is 4.88. The third-order valence-corrected chi connectivity index (χ3v) is 4.55. The Bertz CT molecular complexity index is 701. The van der Waals surface area contributed by atoms with Crippen molar-refractivity contribution in [1.29, 1.82) is 0 Å². The number of carbonyl (C=O) groups excluding carboxylic acids is 1. The van der Waals surface area contributed by atoms with E-state index >= 15 is 0 Å². The number of nitrogens with one attached hydrogen (secondary N) is 1. The largest absolute Gasteiger partial charge is 0.480 e. The number of hydrogen-bond donors (Lipinski definition) is 2. The number of carboxylic acid groups (broad SMARTS) is 1. The van der Waals surface area contributed by atoms with Crippen molar-refractivity contribution in [3.8, 4) is 0 Å². The molecule has 0 bridgehead atoms. The molecule has 23 heavy (non-hydrogen) atoms. The molecule has 1 unspecified atom stereocenters. The first-order valence-corrected chi connectivity index (χ1v) is 8.67. The van der Waals surface area contributed by atoms with E-state index in [1.807, 2.05) is 0 Å². The van der Waals surface area contributed by atoms with Crippen LogP contribution in [0.15, 0.2) is 23.1 Å². The van der Waals surface area contributed by atoms with Gasteiger partial charge in [0.1, 0.15) is 6.04 Å². The van der Waals surface area contributed by atoms with E-state index in [1.165, 1.54) is 6.07 Å². The number of halogens is 1. The number of rotatable bonds is 7. The van der Waals surface area contributed by atoms with Crippen molar-refractivity contribution in [1.82, 2.24) is 4.72 Å². The molecule has 0 aromatic heterocycles. The molecule has 0 fully saturated rings. The Morgan fingerprint density at radius 1 is 1.30 bits per heavy atom. The van der Waals surface area contributed by atoms with Crippen molar-refractivity contribution in [2.75, 3.05) is 6.61 Å². The summed E-state index contributed by atoms with van der Waals surface area (Å²) in [7, 11) is -4.17. The Kier molecular flexibility index (Phi) is 6.55. The Labute approximate surface area is 139 Å². The topological polar surface area (TPSA) is 110 Å². The molecular weight excluding hydrogens is 346 g/mol. The van der Waals surface area contributed by atoms with Gasteiger partial charge in [0, 0.05) is 5.02 Å². The van der Waals surface area contributed by atoms with Gasteiger partial charge in [-0.1, -0.05) is 25.4 Å². The fraction of sp³-hybridized carbons (Fsp3) is 0.429. The monoisotopic (exact) mass is 363 g/mol. The number of aliphatic carboxylic acids is 1. The van der Waals surface area contributed by atoms with Crippen LogP contribution in [-0.4, -0.2) is 38.1 Å². The molecule has 0 aliphatic rings. The van der Waals surface area contributed by atoms with Gasteiger partial charge >= 0.3 is 11.9 Å². The summed E-state index contributed by atoms with van der Waals surface area (Å²) < 4.78 is 31.6. The molecule has 128 valence electrons. The highest BCUT2D eigenvalue weighted by atomic mass is 35.5. The summed E-state index contributed by atoms with van der Waals surface area (Å²) in [5.74, 6) is -2.48. The van der Waals surface area contributed by atoms with Crippen LogP contribution in [0.4, 0.5) is 0 Å². The van der Waals surface area contributed by atoms with Crippen LogP contribution in [0.5, 0.6) is 0 Å². The maximum atomic E-state index is 12.4. The predicted molar refractivity (Wildman–Crippen MR) is 84.0 cm³/mol. The highest BCUT2D eigenvalue weighted by Crippen LogP contribution is 2.20. The molecule has 0 radical (unpaired) electrons. The van der Waals surface area contributed by atoms with Crippen molar-refractivity contribution in [2.45, 2.75) is 31.7 Å². The lowest BCUT2D eigenvalue weighted by atomic mass is 10.1. The van der Waals surface area contributed by atoms with E-state index in [0.717, 1.165) is 12.1 Å². The minimum absolute atomic E-state index is 0.0207. The van der Waals surface area contributed by atoms with Gasteiger partial charge in [0.05, 0.1) is 17.1 Å². The maximum absolute atomic E-state index is 12.4. The zero-order valence-corrected chi connectivity index (χ0v) is 14.4. The van der Waals surface area contributed by atoms with Gasteiger partial charge in [-0.25, -0.2) is 13.2 Å². The van der Waals surface area contributed by atoms with Crippen LogP contribution in [0.2, 0.25) is 5.02 Å². The van der Waals surface area contributed by atoms with Gasteiger partial charge in [-0.2, -0.15) is 4.72 Å². The maximum Gasteiger partial charge on any atom is 0.338 e. The van der Waals surface area contributed by atoms with Crippen molar-refractivity contribution >= 4 is 33.6 Å². The highest BCUT2D eigenvalue weighted by molar-refractivity contribution is 7.89. The molecule has 2 N–H and O–H groups in total. The molecule has 1 aromatic carbocycles. The van der Waals surface area contributed by atoms with Crippen LogP contribution < -0.4 is 4.72 Å². The molecule has 0 aliphatic heterocycles. The second kappa shape index (κ2) is 7.76. The zero-order chi connectivity index (χ0) is 17.8. The Hall–Kier alpha value is -1.64. The van der Waals surface area contributed by atoms with Gasteiger partial charge < -0.3 is 9.84 Å². The zero-order valence-electron chi connectivity index (χ0n) is 12.9. The van der Waals surface area contributed by atoms with E-state index in [1.54, 1.807) is 20.8 Å². The first kappa shape index (κ1) is 19.4. The Morgan fingerprint density at radius 3 is 2.39 bits per heavy atom. The molecule has 0 amide bonds. The van der Waals surface area contributed by atoms with E-state index in [4.69, 9.17) is 21.4 Å². The van der Waals surface area contributed by atoms with Crippen molar-refractivity contribution < 1.29 is 27.9 Å². The molecule has 0 heterocycles. The number of benzene rings is 1. The van der Waals surface area contributed by atoms with Crippen LogP contribution in [0, 0.1) is 5.92 Å². The van der Waals surface area contributed by atoms with Crippen LogP contribution in [0.1, 0.15) is 31.1 Å². The normalized spacial score (nSPS) is 12.9. The van der Waals surface area contributed by atoms with Gasteiger partial charge in [-0.3, -0.25) is 4.79 Å². The van der Waals surface area contributed by atoms with Crippen LogP contribution in [-0.2, 0) is 19.6 Å². The van der Waals surface area contributed by atoms with Crippen LogP contribution >= 0.6 is 11.6 Å². The second-order valence-electron chi connectivity index (χ2n) is 5.08. The standard InChI is InChI=1S/C14H18ClNO6S/c1-4-22-14(19)9-5-10(15)7-11(6-9)23(20,21)16-12(8(2)3)13(17)18/h5-8,12,16H,4H2,1-3H3,(H,17,18). The van der Waals surface area contributed by atoms with E-state index in [2.05, 4.69) is 4.72 Å². The first-order chi connectivity index (χ1) is 10.6. The molecule has 0 spiro atoms. The fourth-order valence-corrected chi connectivity index (χ4v) is 3.46. The number of ether oxygens (including phenoxy) is 1. The van der Waals surface area contributed by atoms with Crippen molar-refractivity contribution in [3.63, 3.8) is 0 Å². The first-order valence-electron chi connectivity index (χ1n) is 6.81. The van der Waals surface area contributed by atoms with Gasteiger partial charge in [-0.15, -0.1) is 0 Å². The van der Waals surface area contributed by atoms with Gasteiger partial charge in [0.25, 0.3) is 0 Å². The Balaban J connectivity index is 3.23. The summed E-state index contributed by atoms with van der Waals surface area (Å²) in [6, 6.07) is 2.19. The summed E-state index contributed by atoms with van der Waals surface area (Å²) >= 11 is 5.85. The number of hydrogen-bond acceptors (Lipinski definition) is 5. The lowest BCUT2D eigenvalue weighted by molar-refractivity contribution is -0.140. The fourth-order valence-electron chi connectivity index (χ4n) is 1.76. The van der Waals surface area contributed by atoms with Gasteiger partial charge in [0.15, 0.2) is 0 Å². The quantitative estimate of drug-likeness (QED) is 0.716. The van der Waals surface area contributed by atoms with Crippen molar-refractivity contribution in [2.24, 2.45) is 5.92 Å². The molecule has 1 atom stereocenters.